The summed E-state index contributed by atoms with van der Waals surface area (Å²) >= 11 is 0. The lowest BCUT2D eigenvalue weighted by Crippen LogP contribution is -2.46. The van der Waals surface area contributed by atoms with Gasteiger partial charge < -0.3 is 4.90 Å². The number of likely N-dealkylation sites (tertiary alicyclic amines) is 1. The number of rotatable bonds is 2. The Labute approximate surface area is 85.2 Å². The van der Waals surface area contributed by atoms with E-state index in [9.17, 15) is 22.4 Å². The first-order valence-corrected chi connectivity index (χ1v) is 4.72. The molecule has 88 valence electrons. The summed E-state index contributed by atoms with van der Waals surface area (Å²) in [5, 5.41) is 0. The molecule has 1 aliphatic heterocycles. The Hall–Kier alpha value is -0.810. The van der Waals surface area contributed by atoms with Crippen LogP contribution >= 0.6 is 0 Å². The number of hydrogen-bond acceptors (Lipinski definition) is 1. The molecule has 2 atom stereocenters. The van der Waals surface area contributed by atoms with E-state index in [4.69, 9.17) is 0 Å². The van der Waals surface area contributed by atoms with Crippen LogP contribution in [0.15, 0.2) is 0 Å². The second-order valence-corrected chi connectivity index (χ2v) is 4.09. The maximum absolute atomic E-state index is 12.7. The first kappa shape index (κ1) is 12.3. The maximum Gasteiger partial charge on any atom is 0.383 e. The highest BCUT2D eigenvalue weighted by Crippen LogP contribution is 2.30. The number of alkyl halides is 4. The average molecular weight is 227 g/mol. The second-order valence-electron chi connectivity index (χ2n) is 4.09. The average Bonchev–Trinajstić information content (AvgIpc) is 2.45. The van der Waals surface area contributed by atoms with Gasteiger partial charge >= 0.3 is 12.3 Å². The lowest BCUT2D eigenvalue weighted by molar-refractivity contribution is -0.179. The van der Waals surface area contributed by atoms with E-state index in [1.807, 2.05) is 0 Å². The zero-order valence-electron chi connectivity index (χ0n) is 8.51. The van der Waals surface area contributed by atoms with E-state index < -0.39 is 18.3 Å². The van der Waals surface area contributed by atoms with Gasteiger partial charge in [-0.1, -0.05) is 13.8 Å². The van der Waals surface area contributed by atoms with E-state index in [1.54, 1.807) is 13.8 Å². The van der Waals surface area contributed by atoms with E-state index in [-0.39, 0.29) is 24.9 Å². The summed E-state index contributed by atoms with van der Waals surface area (Å²) in [7, 11) is 0. The van der Waals surface area contributed by atoms with Gasteiger partial charge in [0.25, 0.3) is 5.91 Å². The van der Waals surface area contributed by atoms with Crippen LogP contribution in [0.3, 0.4) is 0 Å². The Morgan fingerprint density at radius 1 is 1.27 bits per heavy atom. The molecule has 0 bridgehead atoms. The van der Waals surface area contributed by atoms with Gasteiger partial charge in [-0.05, 0) is 11.8 Å². The monoisotopic (exact) mass is 227 g/mol. The van der Waals surface area contributed by atoms with Crippen LogP contribution in [-0.4, -0.2) is 36.2 Å². The summed E-state index contributed by atoms with van der Waals surface area (Å²) in [6.45, 7) is 3.86. The Morgan fingerprint density at radius 2 is 1.67 bits per heavy atom. The molecule has 1 amide bonds. The highest BCUT2D eigenvalue weighted by Gasteiger charge is 2.52. The van der Waals surface area contributed by atoms with Crippen molar-refractivity contribution in [2.45, 2.75) is 26.2 Å². The van der Waals surface area contributed by atoms with E-state index in [0.717, 1.165) is 4.90 Å². The van der Waals surface area contributed by atoms with Gasteiger partial charge in [-0.2, -0.15) is 8.78 Å². The molecule has 0 aromatic heterocycles. The number of nitrogens with zero attached hydrogens (tertiary/aromatic N) is 1. The molecule has 0 saturated carbocycles. The van der Waals surface area contributed by atoms with E-state index in [1.165, 1.54) is 0 Å². The van der Waals surface area contributed by atoms with Crippen molar-refractivity contribution >= 4 is 5.91 Å². The third kappa shape index (κ3) is 2.23. The van der Waals surface area contributed by atoms with Crippen molar-refractivity contribution in [3.05, 3.63) is 0 Å². The van der Waals surface area contributed by atoms with E-state index >= 15 is 0 Å². The summed E-state index contributed by atoms with van der Waals surface area (Å²) in [6, 6.07) is 0. The fraction of sp³-hybridized carbons (Fsp3) is 0.889. The molecule has 0 aromatic carbocycles. The summed E-state index contributed by atoms with van der Waals surface area (Å²) in [6.07, 6.45) is -3.93. The minimum atomic E-state index is -4.55. The smallest absolute Gasteiger partial charge is 0.337 e. The summed E-state index contributed by atoms with van der Waals surface area (Å²) in [5.74, 6) is -6.16. The van der Waals surface area contributed by atoms with Gasteiger partial charge in [0.15, 0.2) is 0 Å². The van der Waals surface area contributed by atoms with Crippen LogP contribution in [0.1, 0.15) is 13.8 Å². The van der Waals surface area contributed by atoms with Crippen LogP contribution < -0.4 is 0 Å². The van der Waals surface area contributed by atoms with Gasteiger partial charge in [0.05, 0.1) is 0 Å². The first-order chi connectivity index (χ1) is 6.76. The van der Waals surface area contributed by atoms with E-state index in [0.29, 0.717) is 0 Å². The molecule has 2 nitrogen and oxygen atoms in total. The molecule has 0 aliphatic carbocycles. The van der Waals surface area contributed by atoms with Crippen molar-refractivity contribution in [2.75, 3.05) is 13.1 Å². The molecule has 15 heavy (non-hydrogen) atoms. The van der Waals surface area contributed by atoms with Crippen LogP contribution in [-0.2, 0) is 4.79 Å². The van der Waals surface area contributed by atoms with Gasteiger partial charge in [0.1, 0.15) is 0 Å². The summed E-state index contributed by atoms with van der Waals surface area (Å²) in [5.41, 5.74) is 0. The van der Waals surface area contributed by atoms with E-state index in [2.05, 4.69) is 0 Å². The van der Waals surface area contributed by atoms with Crippen molar-refractivity contribution in [1.82, 2.24) is 4.90 Å². The highest BCUT2D eigenvalue weighted by molar-refractivity contribution is 5.84. The number of carbonyl (C=O) groups excluding carboxylic acids is 1. The molecule has 1 saturated heterocycles. The largest absolute Gasteiger partial charge is 0.383 e. The lowest BCUT2D eigenvalue weighted by Gasteiger charge is -2.22. The van der Waals surface area contributed by atoms with Crippen LogP contribution in [0.4, 0.5) is 17.6 Å². The number of carbonyl (C=O) groups is 1. The lowest BCUT2D eigenvalue weighted by atomic mass is 10.0. The van der Waals surface area contributed by atoms with Gasteiger partial charge in [-0.25, -0.2) is 8.78 Å². The minimum Gasteiger partial charge on any atom is -0.337 e. The summed E-state index contributed by atoms with van der Waals surface area (Å²) in [4.78, 5) is 11.9. The predicted octanol–water partition coefficient (Wildman–Crippen LogP) is 2.00. The number of amides is 1. The molecular weight excluding hydrogens is 214 g/mol. The maximum atomic E-state index is 12.7. The Morgan fingerprint density at radius 3 is 2.00 bits per heavy atom. The predicted molar refractivity (Wildman–Crippen MR) is 45.9 cm³/mol. The standard InChI is InChI=1S/C9H13F4NO/c1-5-3-14(4-6(5)2)8(15)9(12,13)7(10)11/h5-7H,3-4H2,1-2H3. The molecular formula is C9H13F4NO. The normalized spacial score (nSPS) is 27.5. The SMILES string of the molecule is CC1CN(C(=O)C(F)(F)C(F)F)CC1C. The molecule has 0 radical (unpaired) electrons. The summed E-state index contributed by atoms with van der Waals surface area (Å²) < 4.78 is 49.2. The second kappa shape index (κ2) is 3.98. The van der Waals surface area contributed by atoms with Crippen molar-refractivity contribution in [1.29, 1.82) is 0 Å². The number of hydrogen-bond donors (Lipinski definition) is 0. The third-order valence-electron chi connectivity index (χ3n) is 2.83. The van der Waals surface area contributed by atoms with Crippen LogP contribution in [0.5, 0.6) is 0 Å². The van der Waals surface area contributed by atoms with Gasteiger partial charge in [-0.3, -0.25) is 4.79 Å². The van der Waals surface area contributed by atoms with Crippen molar-refractivity contribution < 1.29 is 22.4 Å². The fourth-order valence-corrected chi connectivity index (χ4v) is 1.60. The molecule has 1 heterocycles. The molecule has 0 spiro atoms. The molecule has 0 aromatic rings. The van der Waals surface area contributed by atoms with Crippen molar-refractivity contribution in [2.24, 2.45) is 11.8 Å². The van der Waals surface area contributed by atoms with Crippen molar-refractivity contribution in [3.8, 4) is 0 Å². The van der Waals surface area contributed by atoms with Gasteiger partial charge in [0.2, 0.25) is 0 Å². The zero-order chi connectivity index (χ0) is 11.8. The third-order valence-corrected chi connectivity index (χ3v) is 2.83. The van der Waals surface area contributed by atoms with Gasteiger partial charge in [0, 0.05) is 13.1 Å². The topological polar surface area (TPSA) is 20.3 Å². The zero-order valence-corrected chi connectivity index (χ0v) is 8.51. The Bertz CT molecular complexity index is 246. The van der Waals surface area contributed by atoms with Crippen molar-refractivity contribution in [3.63, 3.8) is 0 Å². The first-order valence-electron chi connectivity index (χ1n) is 4.72. The molecule has 6 heteroatoms. The van der Waals surface area contributed by atoms with Crippen LogP contribution in [0.2, 0.25) is 0 Å². The van der Waals surface area contributed by atoms with Crippen LogP contribution in [0, 0.1) is 11.8 Å². The Kier molecular flexibility index (Phi) is 3.25. The molecule has 0 N–H and O–H groups in total. The minimum absolute atomic E-state index is 0.0717. The molecule has 1 aliphatic rings. The highest BCUT2D eigenvalue weighted by atomic mass is 19.3. The number of halogens is 4. The molecule has 2 unspecified atom stereocenters. The Balaban J connectivity index is 2.70. The molecule has 1 rings (SSSR count). The fourth-order valence-electron chi connectivity index (χ4n) is 1.60. The van der Waals surface area contributed by atoms with Crippen LogP contribution in [0.25, 0.3) is 0 Å². The van der Waals surface area contributed by atoms with Gasteiger partial charge in [-0.15, -0.1) is 0 Å². The quantitative estimate of drug-likeness (QED) is 0.661. The molecule has 1 fully saturated rings.